The molecule has 1 heteroatoms. The first-order valence-corrected chi connectivity index (χ1v) is 7.74. The number of hydrogen-bond acceptors (Lipinski definition) is 1. The lowest BCUT2D eigenvalue weighted by atomic mass is 9.98. The zero-order valence-electron chi connectivity index (χ0n) is 13.0. The Balaban J connectivity index is 1.89. The van der Waals surface area contributed by atoms with Crippen molar-refractivity contribution in [1.82, 2.24) is 0 Å². The minimum Gasteiger partial charge on any atom is -0.248 e. The normalized spacial score (nSPS) is 14.9. The highest BCUT2D eigenvalue weighted by Gasteiger charge is 2.04. The van der Waals surface area contributed by atoms with Gasteiger partial charge in [0, 0.05) is 17.7 Å². The predicted octanol–water partition coefficient (Wildman–Crippen LogP) is 5.62. The summed E-state index contributed by atoms with van der Waals surface area (Å²) < 4.78 is 0. The van der Waals surface area contributed by atoms with E-state index in [0.29, 0.717) is 0 Å². The minimum absolute atomic E-state index is 0.854. The maximum atomic E-state index is 4.59. The molecule has 0 bridgehead atoms. The first-order chi connectivity index (χ1) is 11.3. The number of fused-ring (bicyclic) bond motifs is 3. The molecule has 0 unspecified atom stereocenters. The molecule has 3 aromatic carbocycles. The number of benzene rings is 3. The van der Waals surface area contributed by atoms with Crippen molar-refractivity contribution in [1.29, 1.82) is 0 Å². The molecule has 0 heterocycles. The number of allylic oxidation sites excluding steroid dienone is 2. The summed E-state index contributed by atoms with van der Waals surface area (Å²) in [6.45, 7) is 2.06. The second-order valence-corrected chi connectivity index (χ2v) is 5.74. The molecular formula is C22H16N. The molecule has 0 fully saturated rings. The molecule has 1 radical (unpaired) electrons. The topological polar surface area (TPSA) is 12.4 Å². The highest BCUT2D eigenvalue weighted by Crippen LogP contribution is 2.28. The number of hydrogen-bond donors (Lipinski definition) is 0. The molecule has 0 amide bonds. The Kier molecular flexibility index (Phi) is 3.42. The highest BCUT2D eigenvalue weighted by molar-refractivity contribution is 6.14. The van der Waals surface area contributed by atoms with E-state index in [1.807, 2.05) is 18.4 Å². The van der Waals surface area contributed by atoms with Crippen LogP contribution >= 0.6 is 0 Å². The average Bonchev–Trinajstić information content (AvgIpc) is 2.61. The van der Waals surface area contributed by atoms with E-state index in [-0.39, 0.29) is 0 Å². The van der Waals surface area contributed by atoms with Crippen molar-refractivity contribution in [3.63, 3.8) is 0 Å². The van der Waals surface area contributed by atoms with E-state index in [9.17, 15) is 0 Å². The van der Waals surface area contributed by atoms with Gasteiger partial charge >= 0.3 is 0 Å². The fourth-order valence-corrected chi connectivity index (χ4v) is 2.90. The van der Waals surface area contributed by atoms with Gasteiger partial charge in [0.15, 0.2) is 0 Å². The molecule has 23 heavy (non-hydrogen) atoms. The summed E-state index contributed by atoms with van der Waals surface area (Å²) in [6.07, 6.45) is 7.96. The van der Waals surface area contributed by atoms with Crippen LogP contribution in [0.1, 0.15) is 12.5 Å². The van der Waals surface area contributed by atoms with Gasteiger partial charge in [0.05, 0.1) is 0 Å². The van der Waals surface area contributed by atoms with Gasteiger partial charge in [0.25, 0.3) is 0 Å². The van der Waals surface area contributed by atoms with Gasteiger partial charge in [-0.3, -0.25) is 0 Å². The lowest BCUT2D eigenvalue weighted by molar-refractivity contribution is 1.28. The number of aliphatic imine (C=N–C) groups is 1. The Morgan fingerprint density at radius 1 is 0.870 bits per heavy atom. The Labute approximate surface area is 136 Å². The summed E-state index contributed by atoms with van der Waals surface area (Å²) in [5, 5.41) is 5.00. The maximum absolute atomic E-state index is 4.59. The Bertz CT molecular complexity index is 1010. The maximum Gasteiger partial charge on any atom is 0.104 e. The third-order valence-electron chi connectivity index (χ3n) is 4.09. The van der Waals surface area contributed by atoms with Gasteiger partial charge < -0.3 is 0 Å². The number of rotatable bonds is 2. The van der Waals surface area contributed by atoms with E-state index >= 15 is 0 Å². The molecule has 109 valence electrons. The van der Waals surface area contributed by atoms with E-state index in [2.05, 4.69) is 78.3 Å². The molecule has 1 aliphatic rings. The second-order valence-electron chi connectivity index (χ2n) is 5.74. The third kappa shape index (κ3) is 2.63. The van der Waals surface area contributed by atoms with Crippen LogP contribution in [-0.4, -0.2) is 6.21 Å². The molecule has 3 aromatic rings. The van der Waals surface area contributed by atoms with Gasteiger partial charge in [-0.25, -0.2) is 4.99 Å². The summed E-state index contributed by atoms with van der Waals surface area (Å²) in [5.41, 5.74) is 5.18. The average molecular weight is 294 g/mol. The van der Waals surface area contributed by atoms with E-state index < -0.39 is 0 Å². The molecule has 0 aliphatic heterocycles. The van der Waals surface area contributed by atoms with E-state index in [1.54, 1.807) is 0 Å². The standard InChI is InChI=1S/C22H16N/c1-16-10-12-19(13-11-16)23-15-18-14-17-6-2-3-7-20(17)22-9-5-4-8-21(18)22/h2-12,14-15H,1H3. The van der Waals surface area contributed by atoms with Crippen LogP contribution in [0.3, 0.4) is 0 Å². The molecule has 4 rings (SSSR count). The zero-order chi connectivity index (χ0) is 15.6. The van der Waals surface area contributed by atoms with Crippen LogP contribution in [-0.2, 0) is 0 Å². The van der Waals surface area contributed by atoms with Crippen LogP contribution < -0.4 is 0 Å². The molecule has 0 saturated heterocycles. The summed E-state index contributed by atoms with van der Waals surface area (Å²) >= 11 is 0. The van der Waals surface area contributed by atoms with Gasteiger partial charge in [-0.15, -0.1) is 0 Å². The van der Waals surface area contributed by atoms with Crippen molar-refractivity contribution in [2.24, 2.45) is 4.99 Å². The van der Waals surface area contributed by atoms with Gasteiger partial charge in [-0.05, 0) is 39.8 Å². The first kappa shape index (κ1) is 13.8. The largest absolute Gasteiger partial charge is 0.248 e. The number of nitrogens with zero attached hydrogens (tertiary/aromatic N) is 1. The summed E-state index contributed by atoms with van der Waals surface area (Å²) in [6, 6.07) is 19.2. The Morgan fingerprint density at radius 3 is 2.39 bits per heavy atom. The van der Waals surface area contributed by atoms with E-state index in [0.717, 1.165) is 11.3 Å². The van der Waals surface area contributed by atoms with Crippen molar-refractivity contribution >= 4 is 27.8 Å². The fraction of sp³-hybridized carbons (Fsp3) is 0.0455. The Hall–Kier alpha value is -2.89. The molecule has 0 aromatic heterocycles. The van der Waals surface area contributed by atoms with Crippen molar-refractivity contribution in [3.8, 4) is 0 Å². The molecule has 1 nitrogen and oxygen atoms in total. The van der Waals surface area contributed by atoms with E-state index in [4.69, 9.17) is 0 Å². The van der Waals surface area contributed by atoms with Gasteiger partial charge in [-0.1, -0.05) is 67.3 Å². The van der Waals surface area contributed by atoms with Crippen molar-refractivity contribution in [3.05, 3.63) is 95.7 Å². The monoisotopic (exact) mass is 294 g/mol. The van der Waals surface area contributed by atoms with Crippen LogP contribution in [0.5, 0.6) is 0 Å². The van der Waals surface area contributed by atoms with Crippen LogP contribution in [0.2, 0.25) is 0 Å². The predicted molar refractivity (Wildman–Crippen MR) is 98.7 cm³/mol. The van der Waals surface area contributed by atoms with Gasteiger partial charge in [-0.2, -0.15) is 0 Å². The molecule has 0 spiro atoms. The van der Waals surface area contributed by atoms with Crippen LogP contribution in [0, 0.1) is 5.92 Å². The second kappa shape index (κ2) is 5.72. The van der Waals surface area contributed by atoms with Crippen molar-refractivity contribution < 1.29 is 0 Å². The van der Waals surface area contributed by atoms with Crippen LogP contribution in [0.4, 0.5) is 0 Å². The van der Waals surface area contributed by atoms with Gasteiger partial charge in [0.2, 0.25) is 0 Å². The van der Waals surface area contributed by atoms with Gasteiger partial charge in [0.1, 0.15) is 5.70 Å². The lowest BCUT2D eigenvalue weighted by Crippen LogP contribution is -1.89. The fourth-order valence-electron chi connectivity index (χ4n) is 2.90. The minimum atomic E-state index is 0.854. The molecular weight excluding hydrogens is 278 g/mol. The zero-order valence-corrected chi connectivity index (χ0v) is 13.0. The van der Waals surface area contributed by atoms with Crippen molar-refractivity contribution in [2.45, 2.75) is 6.92 Å². The lowest BCUT2D eigenvalue weighted by Gasteiger charge is -2.07. The highest BCUT2D eigenvalue weighted by atomic mass is 14.7. The molecule has 1 aliphatic carbocycles. The summed E-state index contributed by atoms with van der Waals surface area (Å²) in [7, 11) is 0. The van der Waals surface area contributed by atoms with E-state index in [1.165, 1.54) is 27.5 Å². The SMILES string of the molecule is C[C]1C=C=C(N=Cc2cc3ccccc3c3ccccc23)C=C1. The first-order valence-electron chi connectivity index (χ1n) is 7.74. The van der Waals surface area contributed by atoms with Crippen molar-refractivity contribution in [2.75, 3.05) is 0 Å². The summed E-state index contributed by atoms with van der Waals surface area (Å²) in [4.78, 5) is 4.59. The smallest absolute Gasteiger partial charge is 0.104 e. The third-order valence-corrected chi connectivity index (χ3v) is 4.09. The quantitative estimate of drug-likeness (QED) is 0.331. The van der Waals surface area contributed by atoms with Crippen LogP contribution in [0.25, 0.3) is 21.5 Å². The molecule has 0 atom stereocenters. The summed E-state index contributed by atoms with van der Waals surface area (Å²) in [5.74, 6) is 1.19. The molecule has 0 saturated carbocycles. The Morgan fingerprint density at radius 2 is 1.61 bits per heavy atom. The van der Waals surface area contributed by atoms with Crippen LogP contribution in [0.15, 0.2) is 89.2 Å². The molecule has 0 N–H and O–H groups in total.